The molecule has 4 nitrogen and oxygen atoms in total. The van der Waals surface area contributed by atoms with Gasteiger partial charge in [0.15, 0.2) is 5.76 Å². The van der Waals surface area contributed by atoms with Crippen LogP contribution in [0.4, 0.5) is 5.69 Å². The molecule has 1 amide bonds. The fourth-order valence-corrected chi connectivity index (χ4v) is 3.26. The van der Waals surface area contributed by atoms with Gasteiger partial charge in [0.05, 0.1) is 15.7 Å². The minimum atomic E-state index is -0.266. The molecule has 118 valence electrons. The summed E-state index contributed by atoms with van der Waals surface area (Å²) in [5.74, 6) is 0.704. The number of aryl methyl sites for hydroxylation is 1. The lowest BCUT2D eigenvalue weighted by Crippen LogP contribution is -2.10. The van der Waals surface area contributed by atoms with Crippen molar-refractivity contribution in [2.24, 2.45) is 0 Å². The molecule has 1 N–H and O–H groups in total. The smallest absolute Gasteiger partial charge is 0.291 e. The van der Waals surface area contributed by atoms with Gasteiger partial charge in [0.25, 0.3) is 5.91 Å². The predicted molar refractivity (Wildman–Crippen MR) is 96.5 cm³/mol. The number of hydrogen-bond acceptors (Lipinski definition) is 4. The second-order valence-corrected chi connectivity index (χ2v) is 6.41. The van der Waals surface area contributed by atoms with E-state index in [4.69, 9.17) is 4.42 Å². The third-order valence-corrected chi connectivity index (χ3v) is 4.51. The molecular weight excluding hydrogens is 320 g/mol. The van der Waals surface area contributed by atoms with Crippen LogP contribution in [0.2, 0.25) is 0 Å². The van der Waals surface area contributed by atoms with Crippen molar-refractivity contribution >= 4 is 33.1 Å². The van der Waals surface area contributed by atoms with Gasteiger partial charge in [-0.25, -0.2) is 4.98 Å². The SMILES string of the molecule is Cc1cccc(-c2ccc(C(=O)Nc3ccc4ncsc4c3)o2)c1. The van der Waals surface area contributed by atoms with Crippen molar-refractivity contribution in [3.05, 3.63) is 71.4 Å². The van der Waals surface area contributed by atoms with Crippen molar-refractivity contribution in [2.75, 3.05) is 5.32 Å². The molecule has 0 fully saturated rings. The van der Waals surface area contributed by atoms with Crippen molar-refractivity contribution in [2.45, 2.75) is 6.92 Å². The highest BCUT2D eigenvalue weighted by atomic mass is 32.1. The van der Waals surface area contributed by atoms with Crippen LogP contribution in [0.15, 0.2) is 64.5 Å². The molecule has 2 heterocycles. The summed E-state index contributed by atoms with van der Waals surface area (Å²) in [5.41, 5.74) is 5.55. The van der Waals surface area contributed by atoms with E-state index in [9.17, 15) is 4.79 Å². The first kappa shape index (κ1) is 14.7. The highest BCUT2D eigenvalue weighted by molar-refractivity contribution is 7.16. The van der Waals surface area contributed by atoms with E-state index in [2.05, 4.69) is 10.3 Å². The van der Waals surface area contributed by atoms with Crippen LogP contribution in [0.3, 0.4) is 0 Å². The number of aromatic nitrogens is 1. The van der Waals surface area contributed by atoms with Crippen LogP contribution in [0.25, 0.3) is 21.5 Å². The Morgan fingerprint density at radius 2 is 2.04 bits per heavy atom. The monoisotopic (exact) mass is 334 g/mol. The number of furan rings is 1. The second kappa shape index (κ2) is 5.94. The minimum Gasteiger partial charge on any atom is -0.451 e. The van der Waals surface area contributed by atoms with E-state index in [1.54, 1.807) is 22.9 Å². The van der Waals surface area contributed by atoms with Crippen LogP contribution < -0.4 is 5.32 Å². The summed E-state index contributed by atoms with van der Waals surface area (Å²) in [6.45, 7) is 2.02. The average molecular weight is 334 g/mol. The van der Waals surface area contributed by atoms with Gasteiger partial charge in [-0.2, -0.15) is 0 Å². The number of anilines is 1. The summed E-state index contributed by atoms with van der Waals surface area (Å²) in [6.07, 6.45) is 0. The lowest BCUT2D eigenvalue weighted by atomic mass is 10.1. The van der Waals surface area contributed by atoms with Crippen molar-refractivity contribution in [1.29, 1.82) is 0 Å². The molecule has 0 aliphatic rings. The molecule has 0 spiro atoms. The molecule has 2 aromatic carbocycles. The summed E-state index contributed by atoms with van der Waals surface area (Å²) in [6, 6.07) is 17.1. The number of carbonyl (C=O) groups excluding carboxylic acids is 1. The van der Waals surface area contributed by atoms with E-state index in [0.29, 0.717) is 5.76 Å². The topological polar surface area (TPSA) is 55.1 Å². The fourth-order valence-electron chi connectivity index (χ4n) is 2.54. The van der Waals surface area contributed by atoms with Crippen molar-refractivity contribution in [3.63, 3.8) is 0 Å². The van der Waals surface area contributed by atoms with E-state index in [1.165, 1.54) is 0 Å². The number of nitrogens with zero attached hydrogens (tertiary/aromatic N) is 1. The van der Waals surface area contributed by atoms with E-state index in [0.717, 1.165) is 27.0 Å². The van der Waals surface area contributed by atoms with Gasteiger partial charge in [0.1, 0.15) is 5.76 Å². The molecule has 2 aromatic heterocycles. The Kier molecular flexibility index (Phi) is 3.63. The molecule has 5 heteroatoms. The van der Waals surface area contributed by atoms with E-state index < -0.39 is 0 Å². The number of fused-ring (bicyclic) bond motifs is 1. The lowest BCUT2D eigenvalue weighted by Gasteiger charge is -2.03. The Labute approximate surface area is 142 Å². The van der Waals surface area contributed by atoms with Gasteiger partial charge >= 0.3 is 0 Å². The van der Waals surface area contributed by atoms with Crippen molar-refractivity contribution < 1.29 is 9.21 Å². The van der Waals surface area contributed by atoms with E-state index in [1.807, 2.05) is 55.5 Å². The van der Waals surface area contributed by atoms with Gasteiger partial charge < -0.3 is 9.73 Å². The molecule has 0 saturated heterocycles. The Hall–Kier alpha value is -2.92. The molecule has 0 atom stereocenters. The number of rotatable bonds is 3. The van der Waals surface area contributed by atoms with Crippen LogP contribution in [0.1, 0.15) is 16.1 Å². The highest BCUT2D eigenvalue weighted by Crippen LogP contribution is 2.25. The molecule has 0 saturated carbocycles. The molecule has 0 radical (unpaired) electrons. The maximum absolute atomic E-state index is 12.4. The van der Waals surface area contributed by atoms with Crippen LogP contribution >= 0.6 is 11.3 Å². The molecule has 0 bridgehead atoms. The van der Waals surface area contributed by atoms with Gasteiger partial charge in [0.2, 0.25) is 0 Å². The Morgan fingerprint density at radius 1 is 1.12 bits per heavy atom. The fraction of sp³-hybridized carbons (Fsp3) is 0.0526. The summed E-state index contributed by atoms with van der Waals surface area (Å²) >= 11 is 1.54. The summed E-state index contributed by atoms with van der Waals surface area (Å²) < 4.78 is 6.74. The average Bonchev–Trinajstić information content (AvgIpc) is 3.24. The first-order valence-corrected chi connectivity index (χ1v) is 8.38. The minimum absolute atomic E-state index is 0.266. The number of nitrogens with one attached hydrogen (secondary N) is 1. The number of amides is 1. The summed E-state index contributed by atoms with van der Waals surface area (Å²) in [7, 11) is 0. The molecular formula is C19H14N2O2S. The van der Waals surface area contributed by atoms with E-state index >= 15 is 0 Å². The van der Waals surface area contributed by atoms with Crippen LogP contribution in [-0.2, 0) is 0 Å². The van der Waals surface area contributed by atoms with Crippen molar-refractivity contribution in [1.82, 2.24) is 4.98 Å². The summed E-state index contributed by atoms with van der Waals surface area (Å²) in [5, 5.41) is 2.86. The Morgan fingerprint density at radius 3 is 2.92 bits per heavy atom. The number of carbonyl (C=O) groups is 1. The van der Waals surface area contributed by atoms with Crippen LogP contribution in [0, 0.1) is 6.92 Å². The third kappa shape index (κ3) is 2.81. The summed E-state index contributed by atoms with van der Waals surface area (Å²) in [4.78, 5) is 16.6. The van der Waals surface area contributed by atoms with E-state index in [-0.39, 0.29) is 11.7 Å². The molecule has 0 aliphatic heterocycles. The van der Waals surface area contributed by atoms with Gasteiger partial charge in [-0.05, 0) is 43.3 Å². The molecule has 4 aromatic rings. The zero-order valence-electron chi connectivity index (χ0n) is 12.9. The van der Waals surface area contributed by atoms with Crippen molar-refractivity contribution in [3.8, 4) is 11.3 Å². The quantitative estimate of drug-likeness (QED) is 0.566. The Bertz CT molecular complexity index is 1030. The van der Waals surface area contributed by atoms with Gasteiger partial charge in [-0.1, -0.05) is 23.8 Å². The van der Waals surface area contributed by atoms with Gasteiger partial charge in [0, 0.05) is 11.3 Å². The standard InChI is InChI=1S/C19H14N2O2S/c1-12-3-2-4-13(9-12)16-7-8-17(23-16)19(22)21-14-5-6-15-18(10-14)24-11-20-15/h2-11H,1H3,(H,21,22). The predicted octanol–water partition coefficient (Wildman–Crippen LogP) is 5.12. The first-order chi connectivity index (χ1) is 11.7. The maximum atomic E-state index is 12.4. The number of benzene rings is 2. The second-order valence-electron chi connectivity index (χ2n) is 5.52. The van der Waals surface area contributed by atoms with Crippen LogP contribution in [0.5, 0.6) is 0 Å². The molecule has 24 heavy (non-hydrogen) atoms. The maximum Gasteiger partial charge on any atom is 0.291 e. The molecule has 0 aliphatic carbocycles. The normalized spacial score (nSPS) is 10.9. The van der Waals surface area contributed by atoms with Gasteiger partial charge in [-0.15, -0.1) is 11.3 Å². The number of hydrogen-bond donors (Lipinski definition) is 1. The van der Waals surface area contributed by atoms with Crippen LogP contribution in [-0.4, -0.2) is 10.9 Å². The zero-order chi connectivity index (χ0) is 16.5. The molecule has 4 rings (SSSR count). The number of thiazole rings is 1. The first-order valence-electron chi connectivity index (χ1n) is 7.50. The highest BCUT2D eigenvalue weighted by Gasteiger charge is 2.13. The Balaban J connectivity index is 1.56. The lowest BCUT2D eigenvalue weighted by molar-refractivity contribution is 0.0997. The largest absolute Gasteiger partial charge is 0.451 e. The molecule has 0 unspecified atom stereocenters. The zero-order valence-corrected chi connectivity index (χ0v) is 13.8. The van der Waals surface area contributed by atoms with Gasteiger partial charge in [-0.3, -0.25) is 4.79 Å². The third-order valence-electron chi connectivity index (χ3n) is 3.72.